The van der Waals surface area contributed by atoms with E-state index >= 15 is 0 Å². The van der Waals surface area contributed by atoms with Gasteiger partial charge < -0.3 is 20.4 Å². The molecule has 3 N–H and O–H groups in total. The molecule has 3 aromatic rings. The average molecular weight is 538 g/mol. The van der Waals surface area contributed by atoms with Gasteiger partial charge in [0.15, 0.2) is 9.84 Å². The molecule has 0 unspecified atom stereocenters. The summed E-state index contributed by atoms with van der Waals surface area (Å²) in [7, 11) is -3.88. The van der Waals surface area contributed by atoms with Gasteiger partial charge in [0.25, 0.3) is 5.92 Å². The van der Waals surface area contributed by atoms with Crippen molar-refractivity contribution in [2.24, 2.45) is 5.73 Å². The summed E-state index contributed by atoms with van der Waals surface area (Å²) in [4.78, 5) is 14.4. The van der Waals surface area contributed by atoms with Crippen LogP contribution in [-0.2, 0) is 21.2 Å². The predicted molar refractivity (Wildman–Crippen MR) is 129 cm³/mol. The molecule has 2 aromatic carbocycles. The van der Waals surface area contributed by atoms with E-state index in [1.165, 1.54) is 23.1 Å². The number of anilines is 2. The lowest BCUT2D eigenvalue weighted by Crippen LogP contribution is -2.54. The highest BCUT2D eigenvalue weighted by atomic mass is 35.5. The second-order valence-electron chi connectivity index (χ2n) is 9.43. The van der Waals surface area contributed by atoms with Gasteiger partial charge in [-0.15, -0.1) is 5.10 Å². The standard InChI is InChI=1S/C23H22ClF2N5O4S/c1-22(11-23(25,26)12-22)28-21-30-29-19(35-21)14-4-7-18-17(8-14)31(9-13-2-5-15(24)6-3-13)20(32)16(27)10-36(18,33)34/h2-8,16H,9-12,27H2,1H3,(H,28,30)/t16-/m0/s1. The third-order valence-corrected chi connectivity index (χ3v) is 8.26. The van der Waals surface area contributed by atoms with E-state index in [1.54, 1.807) is 31.2 Å². The van der Waals surface area contributed by atoms with Gasteiger partial charge in [0.05, 0.1) is 34.5 Å². The van der Waals surface area contributed by atoms with Gasteiger partial charge in [0.1, 0.15) is 0 Å². The summed E-state index contributed by atoms with van der Waals surface area (Å²) in [5.74, 6) is -3.81. The van der Waals surface area contributed by atoms with Crippen LogP contribution in [0.1, 0.15) is 25.3 Å². The predicted octanol–water partition coefficient (Wildman–Crippen LogP) is 3.64. The monoisotopic (exact) mass is 537 g/mol. The van der Waals surface area contributed by atoms with Crippen LogP contribution in [0.3, 0.4) is 0 Å². The Morgan fingerprint density at radius 3 is 2.56 bits per heavy atom. The van der Waals surface area contributed by atoms with Crippen LogP contribution in [0.25, 0.3) is 11.5 Å². The SMILES string of the molecule is CC1(Nc2nnc(-c3ccc4c(c3)N(Cc3ccc(Cl)cc3)C(=O)[C@@H](N)CS4(=O)=O)o2)CC(F)(F)C1. The van der Waals surface area contributed by atoms with Crippen LogP contribution in [0, 0.1) is 0 Å². The zero-order chi connectivity index (χ0) is 25.9. The largest absolute Gasteiger partial charge is 0.403 e. The molecule has 2 aliphatic rings. The number of sulfone groups is 1. The summed E-state index contributed by atoms with van der Waals surface area (Å²) in [6, 6.07) is 9.81. The maximum absolute atomic E-state index is 13.3. The van der Waals surface area contributed by atoms with E-state index < -0.39 is 39.0 Å². The zero-order valence-electron chi connectivity index (χ0n) is 19.0. The van der Waals surface area contributed by atoms with Crippen molar-refractivity contribution in [2.45, 2.75) is 48.7 Å². The molecule has 1 aliphatic heterocycles. The fourth-order valence-electron chi connectivity index (χ4n) is 4.60. The lowest BCUT2D eigenvalue weighted by atomic mass is 9.75. The molecule has 2 heterocycles. The van der Waals surface area contributed by atoms with E-state index in [1.807, 2.05) is 0 Å². The van der Waals surface area contributed by atoms with Crippen molar-refractivity contribution in [3.05, 3.63) is 53.1 Å². The van der Waals surface area contributed by atoms with Gasteiger partial charge in [-0.1, -0.05) is 28.8 Å². The number of benzene rings is 2. The Kier molecular flexibility index (Phi) is 5.80. The number of fused-ring (bicyclic) bond motifs is 1. The van der Waals surface area contributed by atoms with E-state index in [4.69, 9.17) is 21.8 Å². The molecule has 0 radical (unpaired) electrons. The van der Waals surface area contributed by atoms with E-state index in [2.05, 4.69) is 15.5 Å². The first-order chi connectivity index (χ1) is 16.8. The molecule has 36 heavy (non-hydrogen) atoms. The number of halogens is 3. The van der Waals surface area contributed by atoms with Gasteiger partial charge in [-0.3, -0.25) is 4.79 Å². The minimum atomic E-state index is -3.88. The topological polar surface area (TPSA) is 131 Å². The van der Waals surface area contributed by atoms with Crippen molar-refractivity contribution in [1.29, 1.82) is 0 Å². The van der Waals surface area contributed by atoms with Crippen LogP contribution in [0.5, 0.6) is 0 Å². The van der Waals surface area contributed by atoms with Crippen molar-refractivity contribution >= 4 is 39.0 Å². The molecule has 1 aromatic heterocycles. The number of alkyl halides is 2. The second kappa shape index (κ2) is 8.49. The molecule has 190 valence electrons. The highest BCUT2D eigenvalue weighted by molar-refractivity contribution is 7.91. The number of rotatable bonds is 5. The van der Waals surface area contributed by atoms with Crippen molar-refractivity contribution in [3.63, 3.8) is 0 Å². The molecule has 5 rings (SSSR count). The van der Waals surface area contributed by atoms with Crippen LogP contribution >= 0.6 is 11.6 Å². The zero-order valence-corrected chi connectivity index (χ0v) is 20.6. The number of carbonyl (C=O) groups is 1. The van der Waals surface area contributed by atoms with Crippen LogP contribution in [0.4, 0.5) is 20.5 Å². The van der Waals surface area contributed by atoms with Crippen molar-refractivity contribution < 1.29 is 26.4 Å². The maximum atomic E-state index is 13.3. The summed E-state index contributed by atoms with van der Waals surface area (Å²) in [6.07, 6.45) is -0.729. The minimum Gasteiger partial charge on any atom is -0.403 e. The number of hydrogen-bond acceptors (Lipinski definition) is 8. The smallest absolute Gasteiger partial charge is 0.316 e. The molecule has 1 saturated carbocycles. The fraction of sp³-hybridized carbons (Fsp3) is 0.348. The Morgan fingerprint density at radius 1 is 1.19 bits per heavy atom. The van der Waals surface area contributed by atoms with Gasteiger partial charge in [0.2, 0.25) is 11.8 Å². The van der Waals surface area contributed by atoms with Gasteiger partial charge in [-0.2, -0.15) is 0 Å². The van der Waals surface area contributed by atoms with Gasteiger partial charge in [-0.25, -0.2) is 17.2 Å². The van der Waals surface area contributed by atoms with Crippen molar-refractivity contribution in [2.75, 3.05) is 16.0 Å². The number of nitrogens with one attached hydrogen (secondary N) is 1. The van der Waals surface area contributed by atoms with Crippen LogP contribution in [0.2, 0.25) is 5.02 Å². The van der Waals surface area contributed by atoms with Gasteiger partial charge in [0, 0.05) is 23.4 Å². The first-order valence-corrected chi connectivity index (χ1v) is 13.1. The Hall–Kier alpha value is -3.09. The summed E-state index contributed by atoms with van der Waals surface area (Å²) >= 11 is 5.96. The molecule has 9 nitrogen and oxygen atoms in total. The summed E-state index contributed by atoms with van der Waals surface area (Å²) in [5, 5.41) is 11.2. The Morgan fingerprint density at radius 2 is 1.89 bits per heavy atom. The first-order valence-electron chi connectivity index (χ1n) is 11.0. The number of hydrogen-bond donors (Lipinski definition) is 2. The number of carbonyl (C=O) groups excluding carboxylic acids is 1. The van der Waals surface area contributed by atoms with Gasteiger partial charge in [-0.05, 0) is 42.8 Å². The minimum absolute atomic E-state index is 0.0276. The number of nitrogens with two attached hydrogens (primary N) is 1. The number of amides is 1. The molecular weight excluding hydrogens is 516 g/mol. The molecular formula is C23H22ClF2N5O4S. The summed E-state index contributed by atoms with van der Waals surface area (Å²) in [6.45, 7) is 1.68. The molecule has 1 aliphatic carbocycles. The second-order valence-corrected chi connectivity index (χ2v) is 11.9. The summed E-state index contributed by atoms with van der Waals surface area (Å²) in [5.41, 5.74) is 6.26. The Balaban J connectivity index is 1.51. The van der Waals surface area contributed by atoms with Crippen molar-refractivity contribution in [1.82, 2.24) is 10.2 Å². The lowest BCUT2D eigenvalue weighted by Gasteiger charge is -2.44. The highest BCUT2D eigenvalue weighted by Gasteiger charge is 2.54. The fourth-order valence-corrected chi connectivity index (χ4v) is 6.29. The van der Waals surface area contributed by atoms with E-state index in [-0.39, 0.29) is 41.9 Å². The average Bonchev–Trinajstić information content (AvgIpc) is 3.21. The molecule has 1 atom stereocenters. The molecule has 0 bridgehead atoms. The van der Waals surface area contributed by atoms with Crippen LogP contribution in [0.15, 0.2) is 51.8 Å². The molecule has 1 fully saturated rings. The number of aromatic nitrogens is 2. The van der Waals surface area contributed by atoms with Gasteiger partial charge >= 0.3 is 6.01 Å². The molecule has 13 heteroatoms. The van der Waals surface area contributed by atoms with E-state index in [0.717, 1.165) is 0 Å². The van der Waals surface area contributed by atoms with E-state index in [0.29, 0.717) is 16.1 Å². The first kappa shape index (κ1) is 24.6. The van der Waals surface area contributed by atoms with Crippen LogP contribution < -0.4 is 16.0 Å². The highest BCUT2D eigenvalue weighted by Crippen LogP contribution is 2.47. The quantitative estimate of drug-likeness (QED) is 0.504. The third-order valence-electron chi connectivity index (χ3n) is 6.20. The number of nitrogens with zero attached hydrogens (tertiary/aromatic N) is 3. The summed E-state index contributed by atoms with van der Waals surface area (Å²) < 4.78 is 58.3. The Labute approximate surface area is 210 Å². The molecule has 1 amide bonds. The normalized spacial score (nSPS) is 21.9. The molecule has 0 spiro atoms. The van der Waals surface area contributed by atoms with Crippen LogP contribution in [-0.4, -0.2) is 47.8 Å². The third kappa shape index (κ3) is 4.67. The lowest BCUT2D eigenvalue weighted by molar-refractivity contribution is -0.119. The van der Waals surface area contributed by atoms with Crippen molar-refractivity contribution in [3.8, 4) is 11.5 Å². The Bertz CT molecular complexity index is 1440. The maximum Gasteiger partial charge on any atom is 0.316 e. The molecule has 0 saturated heterocycles. The van der Waals surface area contributed by atoms with E-state index in [9.17, 15) is 22.0 Å².